The average Bonchev–Trinajstić information content (AvgIpc) is 3.09. The molecule has 0 aliphatic heterocycles. The summed E-state index contributed by atoms with van der Waals surface area (Å²) in [4.78, 5) is 0. The first-order valence-electron chi connectivity index (χ1n) is 7.31. The Morgan fingerprint density at radius 1 is 1.26 bits per heavy atom. The van der Waals surface area contributed by atoms with Crippen molar-refractivity contribution in [3.63, 3.8) is 0 Å². The Morgan fingerprint density at radius 2 is 1.95 bits per heavy atom. The molecule has 0 aromatic rings. The van der Waals surface area contributed by atoms with Crippen LogP contribution in [0.2, 0.25) is 0 Å². The van der Waals surface area contributed by atoms with Crippen molar-refractivity contribution in [2.45, 2.75) is 55.7 Å². The molecule has 0 atom stereocenters. The van der Waals surface area contributed by atoms with Crippen molar-refractivity contribution in [2.75, 3.05) is 25.1 Å². The van der Waals surface area contributed by atoms with Crippen LogP contribution in [0.25, 0.3) is 0 Å². The average molecular weight is 306 g/mol. The molecule has 0 amide bonds. The maximum atomic E-state index is 12.0. The van der Waals surface area contributed by atoms with Gasteiger partial charge in [0.2, 0.25) is 10.0 Å². The van der Waals surface area contributed by atoms with Crippen molar-refractivity contribution in [3.05, 3.63) is 0 Å². The fraction of sp³-hybridized carbons (Fsp3) is 1.00. The van der Waals surface area contributed by atoms with E-state index in [1.807, 2.05) is 11.8 Å². The van der Waals surface area contributed by atoms with Gasteiger partial charge in [0.1, 0.15) is 0 Å². The summed E-state index contributed by atoms with van der Waals surface area (Å²) in [6.45, 7) is 1.42. The first-order valence-corrected chi connectivity index (χ1v) is 10.2. The molecule has 4 nitrogen and oxygen atoms in total. The Labute approximate surface area is 121 Å². The molecule has 0 aromatic carbocycles. The number of sulfonamides is 1. The summed E-state index contributed by atoms with van der Waals surface area (Å²) in [5, 5.41) is 3.35. The molecule has 0 bridgehead atoms. The van der Waals surface area contributed by atoms with Crippen molar-refractivity contribution in [1.29, 1.82) is 0 Å². The summed E-state index contributed by atoms with van der Waals surface area (Å²) in [6.07, 6.45) is 10.0. The van der Waals surface area contributed by atoms with Gasteiger partial charge in [-0.25, -0.2) is 13.1 Å². The van der Waals surface area contributed by atoms with Crippen LogP contribution in [-0.4, -0.2) is 44.3 Å². The minimum absolute atomic E-state index is 0.152. The molecule has 2 aliphatic carbocycles. The molecule has 2 rings (SSSR count). The number of nitrogens with one attached hydrogen (secondary N) is 2. The van der Waals surface area contributed by atoms with Crippen LogP contribution >= 0.6 is 11.8 Å². The highest BCUT2D eigenvalue weighted by Gasteiger charge is 2.33. The summed E-state index contributed by atoms with van der Waals surface area (Å²) in [6, 6.07) is 0.661. The minimum atomic E-state index is -3.10. The number of hydrogen-bond donors (Lipinski definition) is 2. The highest BCUT2D eigenvalue weighted by atomic mass is 32.2. The van der Waals surface area contributed by atoms with Crippen molar-refractivity contribution in [3.8, 4) is 0 Å². The lowest BCUT2D eigenvalue weighted by atomic mass is 10.1. The van der Waals surface area contributed by atoms with Gasteiger partial charge in [-0.1, -0.05) is 12.8 Å². The van der Waals surface area contributed by atoms with Crippen LogP contribution in [0.15, 0.2) is 0 Å². The first-order chi connectivity index (χ1) is 9.05. The molecular formula is C13H26N2O2S2. The molecule has 6 heteroatoms. The van der Waals surface area contributed by atoms with Gasteiger partial charge in [0.15, 0.2) is 0 Å². The van der Waals surface area contributed by atoms with Crippen LogP contribution in [0, 0.1) is 0 Å². The Kier molecular flexibility index (Phi) is 5.57. The molecule has 2 saturated carbocycles. The monoisotopic (exact) mass is 306 g/mol. The van der Waals surface area contributed by atoms with Gasteiger partial charge in [-0.05, 0) is 44.9 Å². The number of rotatable bonds is 9. The first kappa shape index (κ1) is 15.6. The molecule has 0 heterocycles. The van der Waals surface area contributed by atoms with E-state index in [0.717, 1.165) is 19.4 Å². The second-order valence-corrected chi connectivity index (χ2v) is 9.02. The Morgan fingerprint density at radius 3 is 2.53 bits per heavy atom. The van der Waals surface area contributed by atoms with E-state index in [1.165, 1.54) is 25.7 Å². The minimum Gasteiger partial charge on any atom is -0.314 e. The highest BCUT2D eigenvalue weighted by Crippen LogP contribution is 2.39. The van der Waals surface area contributed by atoms with Gasteiger partial charge in [-0.15, -0.1) is 0 Å². The molecule has 0 unspecified atom stereocenters. The van der Waals surface area contributed by atoms with Crippen molar-refractivity contribution >= 4 is 21.8 Å². The number of hydrogen-bond acceptors (Lipinski definition) is 4. The normalized spacial score (nSPS) is 22.8. The zero-order valence-corrected chi connectivity index (χ0v) is 13.4. The second kappa shape index (κ2) is 6.78. The van der Waals surface area contributed by atoms with Gasteiger partial charge in [-0.3, -0.25) is 0 Å². The molecule has 112 valence electrons. The molecule has 0 aromatic heterocycles. The van der Waals surface area contributed by atoms with Gasteiger partial charge in [0, 0.05) is 17.3 Å². The predicted molar refractivity (Wildman–Crippen MR) is 82.1 cm³/mol. The van der Waals surface area contributed by atoms with Gasteiger partial charge in [0.05, 0.1) is 5.75 Å². The largest absolute Gasteiger partial charge is 0.314 e. The lowest BCUT2D eigenvalue weighted by Crippen LogP contribution is -2.39. The highest BCUT2D eigenvalue weighted by molar-refractivity contribution is 8.00. The third-order valence-corrected chi connectivity index (χ3v) is 6.99. The molecule has 0 radical (unpaired) electrons. The van der Waals surface area contributed by atoms with E-state index < -0.39 is 10.0 Å². The molecule has 0 spiro atoms. The molecule has 2 fully saturated rings. The van der Waals surface area contributed by atoms with E-state index in [9.17, 15) is 8.42 Å². The van der Waals surface area contributed by atoms with Crippen molar-refractivity contribution in [2.24, 2.45) is 0 Å². The summed E-state index contributed by atoms with van der Waals surface area (Å²) >= 11 is 1.82. The van der Waals surface area contributed by atoms with Crippen LogP contribution in [0.4, 0.5) is 0 Å². The molecule has 2 aliphatic rings. The Bertz CT molecular complexity index is 374. The van der Waals surface area contributed by atoms with E-state index in [0.29, 0.717) is 19.0 Å². The maximum absolute atomic E-state index is 12.0. The third kappa shape index (κ3) is 5.25. The molecule has 0 saturated heterocycles. The quantitative estimate of drug-likeness (QED) is 0.637. The molecule has 2 N–H and O–H groups in total. The fourth-order valence-corrected chi connectivity index (χ4v) is 4.81. The third-order valence-electron chi connectivity index (χ3n) is 4.16. The van der Waals surface area contributed by atoms with Crippen LogP contribution in [0.1, 0.15) is 44.9 Å². The molecule has 19 heavy (non-hydrogen) atoms. The smallest absolute Gasteiger partial charge is 0.211 e. The lowest BCUT2D eigenvalue weighted by Gasteiger charge is -2.26. The van der Waals surface area contributed by atoms with E-state index in [1.54, 1.807) is 0 Å². The standard InChI is InChI=1S/C13H26N2O2S2/c1-18-13(7-2-3-8-13)11-15-19(16,17)10-4-9-14-12-5-6-12/h12,14-15H,2-11H2,1H3. The van der Waals surface area contributed by atoms with Gasteiger partial charge in [0.25, 0.3) is 0 Å². The zero-order valence-electron chi connectivity index (χ0n) is 11.8. The SMILES string of the molecule is CSC1(CNS(=O)(=O)CCCNC2CC2)CCCC1. The topological polar surface area (TPSA) is 58.2 Å². The summed E-state index contributed by atoms with van der Waals surface area (Å²) in [5.41, 5.74) is 0. The van der Waals surface area contributed by atoms with Crippen molar-refractivity contribution < 1.29 is 8.42 Å². The summed E-state index contributed by atoms with van der Waals surface area (Å²) in [7, 11) is -3.10. The van der Waals surface area contributed by atoms with Crippen LogP contribution in [0.5, 0.6) is 0 Å². The Balaban J connectivity index is 1.67. The van der Waals surface area contributed by atoms with E-state index >= 15 is 0 Å². The maximum Gasteiger partial charge on any atom is 0.211 e. The van der Waals surface area contributed by atoms with E-state index in [2.05, 4.69) is 16.3 Å². The van der Waals surface area contributed by atoms with E-state index in [4.69, 9.17) is 0 Å². The molecular weight excluding hydrogens is 280 g/mol. The van der Waals surface area contributed by atoms with Crippen molar-refractivity contribution in [1.82, 2.24) is 10.0 Å². The summed E-state index contributed by atoms with van der Waals surface area (Å²) < 4.78 is 26.9. The fourth-order valence-electron chi connectivity index (χ4n) is 2.64. The second-order valence-electron chi connectivity index (χ2n) is 5.82. The van der Waals surface area contributed by atoms with Gasteiger partial charge < -0.3 is 5.32 Å². The predicted octanol–water partition coefficient (Wildman–Crippen LogP) is 1.72. The Hall–Kier alpha value is 0.220. The van der Waals surface area contributed by atoms with Gasteiger partial charge >= 0.3 is 0 Å². The summed E-state index contributed by atoms with van der Waals surface area (Å²) in [5.74, 6) is 0.247. The van der Waals surface area contributed by atoms with E-state index in [-0.39, 0.29) is 10.5 Å². The van der Waals surface area contributed by atoms with Crippen LogP contribution in [0.3, 0.4) is 0 Å². The zero-order chi connectivity index (χ0) is 13.8. The van der Waals surface area contributed by atoms with Crippen LogP contribution < -0.4 is 10.0 Å². The lowest BCUT2D eigenvalue weighted by molar-refractivity contribution is 0.547. The van der Waals surface area contributed by atoms with Gasteiger partial charge in [-0.2, -0.15) is 11.8 Å². The number of thioether (sulfide) groups is 1. The van der Waals surface area contributed by atoms with Crippen LogP contribution in [-0.2, 0) is 10.0 Å².